The minimum atomic E-state index is -0.652. The van der Waals surface area contributed by atoms with Crippen LogP contribution in [0.3, 0.4) is 0 Å². The number of carbonyl (C=O) groups excluding carboxylic acids is 2. The van der Waals surface area contributed by atoms with E-state index in [1.165, 1.54) is 18.2 Å². The fraction of sp³-hybridized carbons (Fsp3) is 0.286. The quantitative estimate of drug-likeness (QED) is 0.508. The molecule has 1 unspecified atom stereocenters. The number of carbonyl (C=O) groups is 2. The van der Waals surface area contributed by atoms with E-state index in [-0.39, 0.29) is 28.8 Å². The Kier molecular flexibility index (Phi) is 5.89. The van der Waals surface area contributed by atoms with Gasteiger partial charge in [-0.05, 0) is 36.2 Å². The lowest BCUT2D eigenvalue weighted by Gasteiger charge is -2.11. The van der Waals surface area contributed by atoms with Gasteiger partial charge < -0.3 is 25.5 Å². The monoisotopic (exact) mass is 423 g/mol. The zero-order valence-corrected chi connectivity index (χ0v) is 16.6. The number of nitrogens with two attached hydrogens (primary N) is 1. The lowest BCUT2D eigenvalue weighted by atomic mass is 10.1. The Morgan fingerprint density at radius 2 is 2.16 bits per heavy atom. The molecule has 1 aliphatic rings. The number of nitrogens with one attached hydrogen (secondary N) is 2. The molecule has 1 aliphatic heterocycles. The predicted molar refractivity (Wildman–Crippen MR) is 111 cm³/mol. The third-order valence-electron chi connectivity index (χ3n) is 4.95. The number of fused-ring (bicyclic) bond motifs is 1. The first-order valence-electron chi connectivity index (χ1n) is 9.77. The van der Waals surface area contributed by atoms with E-state index in [4.69, 9.17) is 15.2 Å². The van der Waals surface area contributed by atoms with Crippen LogP contribution >= 0.6 is 0 Å². The predicted octanol–water partition coefficient (Wildman–Crippen LogP) is 0.762. The van der Waals surface area contributed by atoms with E-state index < -0.39 is 17.4 Å². The Labute approximate surface area is 176 Å². The molecule has 2 amide bonds. The molecule has 0 aliphatic carbocycles. The van der Waals surface area contributed by atoms with Gasteiger partial charge in [0, 0.05) is 36.9 Å². The molecule has 0 bridgehead atoms. The molecule has 1 aromatic carbocycles. The molecular formula is C21H21N5O5. The van der Waals surface area contributed by atoms with Gasteiger partial charge in [-0.25, -0.2) is 9.97 Å². The van der Waals surface area contributed by atoms with Crippen LogP contribution < -0.4 is 21.3 Å². The highest BCUT2D eigenvalue weighted by atomic mass is 16.5. The first kappa shape index (κ1) is 20.5. The second-order valence-electron chi connectivity index (χ2n) is 7.24. The SMILES string of the molecule is NC(=O)c1ccc2nc(C(=O)NCc3ccnc(OCC4CCOC4)c3)[nH]c(=O)c2c1. The number of benzene rings is 1. The molecule has 1 saturated heterocycles. The first-order valence-corrected chi connectivity index (χ1v) is 9.77. The molecule has 3 aromatic rings. The molecule has 160 valence electrons. The Hall–Kier alpha value is -3.79. The van der Waals surface area contributed by atoms with E-state index in [1.54, 1.807) is 18.3 Å². The summed E-state index contributed by atoms with van der Waals surface area (Å²) in [7, 11) is 0. The van der Waals surface area contributed by atoms with Gasteiger partial charge in [-0.2, -0.15) is 0 Å². The van der Waals surface area contributed by atoms with Gasteiger partial charge in [0.1, 0.15) is 0 Å². The zero-order valence-electron chi connectivity index (χ0n) is 16.6. The van der Waals surface area contributed by atoms with Crippen LogP contribution in [0.1, 0.15) is 33.0 Å². The fourth-order valence-electron chi connectivity index (χ4n) is 3.22. The summed E-state index contributed by atoms with van der Waals surface area (Å²) < 4.78 is 11.0. The van der Waals surface area contributed by atoms with Gasteiger partial charge in [0.05, 0.1) is 24.1 Å². The number of aromatic amines is 1. The number of rotatable bonds is 7. The molecule has 4 rings (SSSR count). The molecule has 3 heterocycles. The largest absolute Gasteiger partial charge is 0.477 e. The van der Waals surface area contributed by atoms with Gasteiger partial charge in [-0.3, -0.25) is 14.4 Å². The average molecular weight is 423 g/mol. The summed E-state index contributed by atoms with van der Waals surface area (Å²) in [4.78, 5) is 46.9. The molecule has 1 fully saturated rings. The Bertz CT molecular complexity index is 1190. The van der Waals surface area contributed by atoms with E-state index in [9.17, 15) is 14.4 Å². The molecule has 10 nitrogen and oxygen atoms in total. The number of ether oxygens (including phenoxy) is 2. The van der Waals surface area contributed by atoms with Gasteiger partial charge in [-0.1, -0.05) is 0 Å². The van der Waals surface area contributed by atoms with Gasteiger partial charge in [0.2, 0.25) is 11.8 Å². The van der Waals surface area contributed by atoms with Crippen LogP contribution in [0.25, 0.3) is 10.9 Å². The van der Waals surface area contributed by atoms with Gasteiger partial charge >= 0.3 is 0 Å². The van der Waals surface area contributed by atoms with E-state index >= 15 is 0 Å². The maximum Gasteiger partial charge on any atom is 0.287 e. The summed E-state index contributed by atoms with van der Waals surface area (Å²) >= 11 is 0. The molecule has 0 spiro atoms. The summed E-state index contributed by atoms with van der Waals surface area (Å²) in [6.45, 7) is 2.18. The Morgan fingerprint density at radius 1 is 1.29 bits per heavy atom. The van der Waals surface area contributed by atoms with Crippen molar-refractivity contribution in [3.8, 4) is 5.88 Å². The molecule has 10 heteroatoms. The molecule has 31 heavy (non-hydrogen) atoms. The summed E-state index contributed by atoms with van der Waals surface area (Å²) in [5, 5.41) is 2.89. The van der Waals surface area contributed by atoms with Crippen LogP contribution in [0.4, 0.5) is 0 Å². The van der Waals surface area contributed by atoms with Crippen molar-refractivity contribution in [3.05, 3.63) is 63.8 Å². The third-order valence-corrected chi connectivity index (χ3v) is 4.95. The van der Waals surface area contributed by atoms with Crippen molar-refractivity contribution in [1.82, 2.24) is 20.3 Å². The number of nitrogens with zero attached hydrogens (tertiary/aromatic N) is 2. The van der Waals surface area contributed by atoms with E-state index in [0.717, 1.165) is 18.6 Å². The Balaban J connectivity index is 1.42. The van der Waals surface area contributed by atoms with Crippen LogP contribution in [0.5, 0.6) is 5.88 Å². The van der Waals surface area contributed by atoms with Crippen LogP contribution in [0.15, 0.2) is 41.3 Å². The molecular weight excluding hydrogens is 402 g/mol. The van der Waals surface area contributed by atoms with Crippen molar-refractivity contribution >= 4 is 22.7 Å². The smallest absolute Gasteiger partial charge is 0.287 e. The van der Waals surface area contributed by atoms with E-state index in [2.05, 4.69) is 20.3 Å². The van der Waals surface area contributed by atoms with E-state index in [1.807, 2.05) is 0 Å². The molecule has 1 atom stereocenters. The number of pyridine rings is 1. The van der Waals surface area contributed by atoms with Crippen molar-refractivity contribution in [1.29, 1.82) is 0 Å². The maximum absolute atomic E-state index is 12.5. The van der Waals surface area contributed by atoms with Gasteiger partial charge in [0.15, 0.2) is 5.82 Å². The second kappa shape index (κ2) is 8.92. The minimum Gasteiger partial charge on any atom is -0.477 e. The number of hydrogen-bond donors (Lipinski definition) is 3. The number of aromatic nitrogens is 3. The van der Waals surface area contributed by atoms with Crippen molar-refractivity contribution in [2.45, 2.75) is 13.0 Å². The van der Waals surface area contributed by atoms with Crippen LogP contribution in [0.2, 0.25) is 0 Å². The number of H-pyrrole nitrogens is 1. The first-order chi connectivity index (χ1) is 15.0. The standard InChI is InChI=1S/C21H21N5O5/c22-18(27)14-1-2-16-15(8-14)20(28)26-19(25-16)21(29)24-9-12-3-5-23-17(7-12)31-11-13-4-6-30-10-13/h1-3,5,7-8,13H,4,6,9-11H2,(H2,22,27)(H,24,29)(H,25,26,28). The summed E-state index contributed by atoms with van der Waals surface area (Å²) in [6, 6.07) is 7.78. The van der Waals surface area contributed by atoms with Gasteiger partial charge in [0.25, 0.3) is 11.5 Å². The lowest BCUT2D eigenvalue weighted by molar-refractivity contribution is 0.0939. The van der Waals surface area contributed by atoms with Crippen molar-refractivity contribution < 1.29 is 19.1 Å². The highest BCUT2D eigenvalue weighted by Crippen LogP contribution is 2.16. The molecule has 0 radical (unpaired) electrons. The molecule has 4 N–H and O–H groups in total. The topological polar surface area (TPSA) is 149 Å². The Morgan fingerprint density at radius 3 is 2.94 bits per heavy atom. The number of primary amides is 1. The summed E-state index contributed by atoms with van der Waals surface area (Å²) in [5.41, 5.74) is 5.96. The van der Waals surface area contributed by atoms with Gasteiger partial charge in [-0.15, -0.1) is 0 Å². The molecule has 0 saturated carbocycles. The highest BCUT2D eigenvalue weighted by Gasteiger charge is 2.17. The van der Waals surface area contributed by atoms with Crippen LogP contribution in [-0.4, -0.2) is 46.6 Å². The number of hydrogen-bond acceptors (Lipinski definition) is 7. The van der Waals surface area contributed by atoms with Crippen molar-refractivity contribution in [2.24, 2.45) is 11.7 Å². The van der Waals surface area contributed by atoms with Crippen LogP contribution in [0, 0.1) is 5.92 Å². The van der Waals surface area contributed by atoms with E-state index in [0.29, 0.717) is 25.0 Å². The summed E-state index contributed by atoms with van der Waals surface area (Å²) in [5.74, 6) is -0.488. The normalized spacial score (nSPS) is 15.7. The van der Waals surface area contributed by atoms with Crippen molar-refractivity contribution in [2.75, 3.05) is 19.8 Å². The second-order valence-corrected chi connectivity index (χ2v) is 7.24. The van der Waals surface area contributed by atoms with Crippen LogP contribution in [-0.2, 0) is 11.3 Å². The summed E-state index contributed by atoms with van der Waals surface area (Å²) in [6.07, 6.45) is 2.57. The lowest BCUT2D eigenvalue weighted by Crippen LogP contribution is -2.27. The minimum absolute atomic E-state index is 0.129. The average Bonchev–Trinajstić information content (AvgIpc) is 3.29. The van der Waals surface area contributed by atoms with Crippen molar-refractivity contribution in [3.63, 3.8) is 0 Å². The third kappa shape index (κ3) is 4.86. The number of amides is 2. The fourth-order valence-corrected chi connectivity index (χ4v) is 3.22. The highest BCUT2D eigenvalue weighted by molar-refractivity contribution is 5.97. The zero-order chi connectivity index (χ0) is 21.8. The molecule has 2 aromatic heterocycles. The maximum atomic E-state index is 12.5.